The summed E-state index contributed by atoms with van der Waals surface area (Å²) in [6.07, 6.45) is -0.974. The number of nitrogens with zero attached hydrogens (tertiary/aromatic N) is 2. The molecule has 0 spiro atoms. The molecule has 0 saturated carbocycles. The molecule has 1 aromatic heterocycles. The molecule has 0 radical (unpaired) electrons. The van der Waals surface area contributed by atoms with E-state index in [1.54, 1.807) is 24.3 Å². The Morgan fingerprint density at radius 3 is 2.37 bits per heavy atom. The number of ether oxygens (including phenoxy) is 2. The number of primary amides is 2. The van der Waals surface area contributed by atoms with Gasteiger partial charge < -0.3 is 20.9 Å². The largest absolute Gasteiger partial charge is 0.464 e. The van der Waals surface area contributed by atoms with Crippen LogP contribution in [0.3, 0.4) is 0 Å². The molecule has 154 valence electrons. The Kier molecular flexibility index (Phi) is 6.12. The highest BCUT2D eigenvalue weighted by atomic mass is 35.5. The van der Waals surface area contributed by atoms with E-state index in [4.69, 9.17) is 32.5 Å². The van der Waals surface area contributed by atoms with Gasteiger partial charge in [-0.1, -0.05) is 11.6 Å². The molecule has 3 aromatic rings. The molecule has 1 atom stereocenters. The molecule has 0 bridgehead atoms. The number of hydrogen-bond donors (Lipinski definition) is 2. The SMILES string of the molecule is C[C@H](Oc1cc(C(N)=O)nc(-c2ccc(Oc3ccc(Cl)cc3F)cc2)n1)C(N)=O. The Morgan fingerprint density at radius 2 is 1.77 bits per heavy atom. The van der Waals surface area contributed by atoms with Crippen LogP contribution in [0.4, 0.5) is 4.39 Å². The van der Waals surface area contributed by atoms with Crippen LogP contribution < -0.4 is 20.9 Å². The fraction of sp³-hybridized carbons (Fsp3) is 0.100. The lowest BCUT2D eigenvalue weighted by Gasteiger charge is -2.12. The van der Waals surface area contributed by atoms with Crippen molar-refractivity contribution in [3.8, 4) is 28.8 Å². The van der Waals surface area contributed by atoms with Crippen LogP contribution in [0.15, 0.2) is 48.5 Å². The highest BCUT2D eigenvalue weighted by molar-refractivity contribution is 6.30. The van der Waals surface area contributed by atoms with E-state index in [0.29, 0.717) is 11.3 Å². The van der Waals surface area contributed by atoms with E-state index in [1.165, 1.54) is 25.1 Å². The van der Waals surface area contributed by atoms with Crippen molar-refractivity contribution in [2.45, 2.75) is 13.0 Å². The Bertz CT molecular complexity index is 1110. The van der Waals surface area contributed by atoms with Crippen LogP contribution in [0.25, 0.3) is 11.4 Å². The van der Waals surface area contributed by atoms with E-state index in [-0.39, 0.29) is 28.2 Å². The quantitative estimate of drug-likeness (QED) is 0.592. The van der Waals surface area contributed by atoms with Gasteiger partial charge in [0.05, 0.1) is 0 Å². The first kappa shape index (κ1) is 21.0. The van der Waals surface area contributed by atoms with Crippen molar-refractivity contribution < 1.29 is 23.5 Å². The van der Waals surface area contributed by atoms with Crippen molar-refractivity contribution in [2.75, 3.05) is 0 Å². The minimum atomic E-state index is -0.974. The Morgan fingerprint density at radius 1 is 1.07 bits per heavy atom. The summed E-state index contributed by atoms with van der Waals surface area (Å²) in [5.74, 6) is -1.65. The van der Waals surface area contributed by atoms with Crippen LogP contribution >= 0.6 is 11.6 Å². The summed E-state index contributed by atoms with van der Waals surface area (Å²) in [6, 6.07) is 11.6. The third-order valence-corrected chi connectivity index (χ3v) is 4.12. The zero-order valence-corrected chi connectivity index (χ0v) is 16.4. The smallest absolute Gasteiger partial charge is 0.267 e. The predicted octanol–water partition coefficient (Wildman–Crippen LogP) is 3.08. The lowest BCUT2D eigenvalue weighted by molar-refractivity contribution is -0.124. The van der Waals surface area contributed by atoms with Crippen molar-refractivity contribution >= 4 is 23.4 Å². The number of rotatable bonds is 7. The first-order valence-corrected chi connectivity index (χ1v) is 8.99. The standard InChI is InChI=1S/C20H16ClFN4O4/c1-10(18(23)27)29-17-9-15(19(24)28)25-20(26-17)11-2-5-13(6-3-11)30-16-7-4-12(21)8-14(16)22/h2-10H,1H3,(H2,23,27)(H2,24,28)/t10-/m0/s1. The average Bonchev–Trinajstić information content (AvgIpc) is 2.70. The van der Waals surface area contributed by atoms with Crippen LogP contribution in [0.2, 0.25) is 5.02 Å². The van der Waals surface area contributed by atoms with Gasteiger partial charge in [-0.05, 0) is 49.4 Å². The highest BCUT2D eigenvalue weighted by Crippen LogP contribution is 2.28. The number of aromatic nitrogens is 2. The summed E-state index contributed by atoms with van der Waals surface area (Å²) in [5, 5.41) is 0.255. The molecule has 0 aliphatic carbocycles. The summed E-state index contributed by atoms with van der Waals surface area (Å²) in [5.41, 5.74) is 10.9. The fourth-order valence-corrected chi connectivity index (χ4v) is 2.50. The van der Waals surface area contributed by atoms with Crippen molar-refractivity contribution in [2.24, 2.45) is 11.5 Å². The molecule has 30 heavy (non-hydrogen) atoms. The molecule has 8 nitrogen and oxygen atoms in total. The monoisotopic (exact) mass is 430 g/mol. The van der Waals surface area contributed by atoms with E-state index >= 15 is 0 Å². The lowest BCUT2D eigenvalue weighted by atomic mass is 10.2. The molecular weight excluding hydrogens is 415 g/mol. The van der Waals surface area contributed by atoms with E-state index in [2.05, 4.69) is 9.97 Å². The van der Waals surface area contributed by atoms with E-state index in [9.17, 15) is 14.0 Å². The molecule has 0 aliphatic rings. The summed E-state index contributed by atoms with van der Waals surface area (Å²) in [7, 11) is 0. The molecule has 0 aliphatic heterocycles. The Balaban J connectivity index is 1.88. The maximum absolute atomic E-state index is 13.9. The molecule has 1 heterocycles. The first-order valence-electron chi connectivity index (χ1n) is 8.61. The van der Waals surface area contributed by atoms with Gasteiger partial charge in [-0.3, -0.25) is 9.59 Å². The predicted molar refractivity (Wildman–Crippen MR) is 107 cm³/mol. The van der Waals surface area contributed by atoms with Gasteiger partial charge in [0.15, 0.2) is 23.5 Å². The molecule has 2 amide bonds. The van der Waals surface area contributed by atoms with E-state index in [0.717, 1.165) is 6.07 Å². The van der Waals surface area contributed by atoms with Gasteiger partial charge in [-0.15, -0.1) is 0 Å². The van der Waals surface area contributed by atoms with Crippen molar-refractivity contribution in [3.05, 3.63) is 65.1 Å². The summed E-state index contributed by atoms with van der Waals surface area (Å²) in [6.45, 7) is 1.44. The minimum Gasteiger partial charge on any atom is -0.464 e. The average molecular weight is 431 g/mol. The zero-order valence-electron chi connectivity index (χ0n) is 15.6. The minimum absolute atomic E-state index is 0.00949. The summed E-state index contributed by atoms with van der Waals surface area (Å²) in [4.78, 5) is 31.1. The number of carbonyl (C=O) groups is 2. The van der Waals surface area contributed by atoms with Crippen molar-refractivity contribution in [1.29, 1.82) is 0 Å². The van der Waals surface area contributed by atoms with Crippen LogP contribution in [0.1, 0.15) is 17.4 Å². The Hall–Kier alpha value is -3.72. The van der Waals surface area contributed by atoms with Crippen molar-refractivity contribution in [3.63, 3.8) is 0 Å². The molecular formula is C20H16ClFN4O4. The molecule has 0 fully saturated rings. The van der Waals surface area contributed by atoms with Gasteiger partial charge in [0.1, 0.15) is 11.4 Å². The normalized spacial score (nSPS) is 11.6. The number of benzene rings is 2. The summed E-state index contributed by atoms with van der Waals surface area (Å²) < 4.78 is 24.7. The molecule has 3 rings (SSSR count). The fourth-order valence-electron chi connectivity index (χ4n) is 2.34. The molecule has 4 N–H and O–H groups in total. The third kappa shape index (κ3) is 5.00. The maximum Gasteiger partial charge on any atom is 0.267 e. The highest BCUT2D eigenvalue weighted by Gasteiger charge is 2.16. The molecule has 2 aromatic carbocycles. The van der Waals surface area contributed by atoms with Crippen LogP contribution in [0, 0.1) is 5.82 Å². The van der Waals surface area contributed by atoms with Gasteiger partial charge in [-0.25, -0.2) is 9.37 Å². The van der Waals surface area contributed by atoms with Gasteiger partial charge in [0, 0.05) is 16.7 Å². The van der Waals surface area contributed by atoms with Gasteiger partial charge >= 0.3 is 0 Å². The lowest BCUT2D eigenvalue weighted by Crippen LogP contribution is -2.31. The van der Waals surface area contributed by atoms with Gasteiger partial charge in [-0.2, -0.15) is 4.98 Å². The molecule has 0 saturated heterocycles. The maximum atomic E-state index is 13.9. The number of halogens is 2. The van der Waals surface area contributed by atoms with Crippen LogP contribution in [0.5, 0.6) is 17.4 Å². The summed E-state index contributed by atoms with van der Waals surface area (Å²) >= 11 is 5.73. The second-order valence-electron chi connectivity index (χ2n) is 6.14. The van der Waals surface area contributed by atoms with Crippen LogP contribution in [-0.2, 0) is 4.79 Å². The van der Waals surface area contributed by atoms with E-state index < -0.39 is 23.7 Å². The molecule has 0 unspecified atom stereocenters. The van der Waals surface area contributed by atoms with Gasteiger partial charge in [0.2, 0.25) is 5.88 Å². The zero-order chi connectivity index (χ0) is 21.8. The number of amides is 2. The second kappa shape index (κ2) is 8.75. The topological polar surface area (TPSA) is 130 Å². The number of carbonyl (C=O) groups excluding carboxylic acids is 2. The first-order chi connectivity index (χ1) is 14.2. The number of nitrogens with two attached hydrogens (primary N) is 2. The van der Waals surface area contributed by atoms with E-state index in [1.807, 2.05) is 0 Å². The van der Waals surface area contributed by atoms with Crippen LogP contribution in [-0.4, -0.2) is 27.9 Å². The molecule has 10 heteroatoms. The number of hydrogen-bond acceptors (Lipinski definition) is 6. The third-order valence-electron chi connectivity index (χ3n) is 3.89. The van der Waals surface area contributed by atoms with Crippen molar-refractivity contribution in [1.82, 2.24) is 9.97 Å². The second-order valence-corrected chi connectivity index (χ2v) is 6.58. The van der Waals surface area contributed by atoms with Gasteiger partial charge in [0.25, 0.3) is 11.8 Å². The Labute approximate surface area is 175 Å².